The Hall–Kier alpha value is -3.84. The molecule has 306 valence electrons. The average molecular weight is 780 g/mol. The second-order valence-corrected chi connectivity index (χ2v) is 18.5. The molecule has 8 rings (SSSR count). The average Bonchev–Trinajstić information content (AvgIpc) is 3.83. The van der Waals surface area contributed by atoms with Gasteiger partial charge >= 0.3 is 0 Å². The Labute approximate surface area is 338 Å². The van der Waals surface area contributed by atoms with Gasteiger partial charge in [0.1, 0.15) is 30.0 Å². The maximum atomic E-state index is 14.0. The van der Waals surface area contributed by atoms with Gasteiger partial charge in [0.2, 0.25) is 0 Å². The van der Waals surface area contributed by atoms with E-state index < -0.39 is 12.0 Å². The predicted octanol–water partition coefficient (Wildman–Crippen LogP) is 5.01. The molecule has 3 aromatic carbocycles. The summed E-state index contributed by atoms with van der Waals surface area (Å²) in [5.41, 5.74) is 5.65. The maximum Gasteiger partial charge on any atom is 0.251 e. The Balaban J connectivity index is 1.05. The lowest BCUT2D eigenvalue weighted by Gasteiger charge is -2.86. The lowest BCUT2D eigenvalue weighted by atomic mass is 9.21. The van der Waals surface area contributed by atoms with Crippen molar-refractivity contribution in [3.05, 3.63) is 83.4 Å². The second-order valence-electron chi connectivity index (χ2n) is 18.5. The molecule has 0 spiro atoms. The van der Waals surface area contributed by atoms with E-state index >= 15 is 0 Å². The lowest BCUT2D eigenvalue weighted by Crippen LogP contribution is -2.89. The smallest absolute Gasteiger partial charge is 0.251 e. The number of ketones is 1. The predicted molar refractivity (Wildman–Crippen MR) is 221 cm³/mol. The molecule has 3 unspecified atom stereocenters. The fraction of sp³-hybridized carbons (Fsp3) is 0.565. The van der Waals surface area contributed by atoms with E-state index in [1.165, 1.54) is 12.0 Å². The van der Waals surface area contributed by atoms with Crippen LogP contribution in [0.4, 0.5) is 5.69 Å². The van der Waals surface area contributed by atoms with E-state index in [4.69, 9.17) is 14.3 Å². The molecule has 5 fully saturated rings. The number of rotatable bonds is 16. The minimum atomic E-state index is -0.673. The zero-order chi connectivity index (χ0) is 40.6. The Morgan fingerprint density at radius 1 is 1.04 bits per heavy atom. The number of likely N-dealkylation sites (N-methyl/N-ethyl adjacent to an activating group) is 1. The summed E-state index contributed by atoms with van der Waals surface area (Å²) in [5, 5.41) is 19.5. The minimum absolute atomic E-state index is 0.0286. The molecule has 2 aliphatic heterocycles. The van der Waals surface area contributed by atoms with Gasteiger partial charge in [0.25, 0.3) is 5.91 Å². The summed E-state index contributed by atoms with van der Waals surface area (Å²) in [5.74, 6) is 2.73. The largest absolute Gasteiger partial charge is 0.496 e. The number of carbonyl (C=O) groups excluding carboxylic acids is 2. The van der Waals surface area contributed by atoms with Crippen LogP contribution in [0.2, 0.25) is 0 Å². The zero-order valence-corrected chi connectivity index (χ0v) is 35.0. The number of aliphatic hydroxyl groups is 1. The van der Waals surface area contributed by atoms with Crippen molar-refractivity contribution in [3.8, 4) is 16.9 Å². The molecule has 3 aromatic rings. The molecule has 2 heterocycles. The molecule has 5 aliphatic rings. The van der Waals surface area contributed by atoms with Crippen LogP contribution in [0.15, 0.2) is 66.7 Å². The number of anilines is 1. The number of aliphatic hydroxyl groups excluding tert-OH is 1. The Morgan fingerprint density at radius 2 is 1.79 bits per heavy atom. The van der Waals surface area contributed by atoms with E-state index in [1.54, 1.807) is 14.0 Å². The molecule has 0 aromatic heterocycles. The SMILES string of the molecule is COc1c(CN2O[C@@H](CO)[C@@H](C(C)=O)[C@H]2C2OC2N[C@@]23C[C@H]4C2[C@@H]([C@@H]3C)C4(C)C)cccc1-c1cc(C(=O)N[C@@H](Cc2ccccc2)CN(C)C)cc(N(C)C)c1. The summed E-state index contributed by atoms with van der Waals surface area (Å²) >= 11 is 0. The molecule has 11 nitrogen and oxygen atoms in total. The van der Waals surface area contributed by atoms with Crippen molar-refractivity contribution >= 4 is 17.4 Å². The first-order chi connectivity index (χ1) is 27.2. The van der Waals surface area contributed by atoms with E-state index in [-0.39, 0.29) is 48.3 Å². The molecule has 2 saturated heterocycles. The van der Waals surface area contributed by atoms with Crippen molar-refractivity contribution in [2.24, 2.45) is 35.0 Å². The van der Waals surface area contributed by atoms with E-state index in [1.807, 2.05) is 86.7 Å². The molecule has 57 heavy (non-hydrogen) atoms. The number of carbonyl (C=O) groups is 2. The van der Waals surface area contributed by atoms with Crippen LogP contribution < -0.4 is 20.3 Å². The lowest BCUT2D eigenvalue weighted by molar-refractivity contribution is -0.353. The summed E-state index contributed by atoms with van der Waals surface area (Å²) in [6, 6.07) is 21.6. The number of hydrogen-bond donors (Lipinski definition) is 3. The quantitative estimate of drug-likeness (QED) is 0.172. The van der Waals surface area contributed by atoms with Crippen LogP contribution in [-0.4, -0.2) is 111 Å². The fourth-order valence-corrected chi connectivity index (χ4v) is 11.6. The molecule has 3 aliphatic carbocycles. The molecule has 0 bridgehead atoms. The van der Waals surface area contributed by atoms with Gasteiger partial charge in [-0.3, -0.25) is 19.7 Å². The Kier molecular flexibility index (Phi) is 10.6. The van der Waals surface area contributed by atoms with Crippen LogP contribution in [0.3, 0.4) is 0 Å². The number of hydroxylamine groups is 2. The molecular weight excluding hydrogens is 719 g/mol. The van der Waals surface area contributed by atoms with Crippen LogP contribution in [0.5, 0.6) is 5.75 Å². The Morgan fingerprint density at radius 3 is 2.42 bits per heavy atom. The number of nitrogens with zero attached hydrogens (tertiary/aromatic N) is 3. The van der Waals surface area contributed by atoms with Crippen molar-refractivity contribution in [3.63, 3.8) is 0 Å². The number of benzene rings is 3. The summed E-state index contributed by atoms with van der Waals surface area (Å²) < 4.78 is 12.6. The van der Waals surface area contributed by atoms with E-state index in [0.717, 1.165) is 34.2 Å². The van der Waals surface area contributed by atoms with Gasteiger partial charge in [-0.05, 0) is 92.3 Å². The summed E-state index contributed by atoms with van der Waals surface area (Å²) in [6.07, 6.45) is 0.777. The van der Waals surface area contributed by atoms with Crippen LogP contribution in [0.1, 0.15) is 55.6 Å². The number of hydrogen-bond acceptors (Lipinski definition) is 10. The number of methoxy groups -OCH3 is 1. The van der Waals surface area contributed by atoms with Gasteiger partial charge in [0.15, 0.2) is 0 Å². The molecular formula is C46H61N5O6. The highest BCUT2D eigenvalue weighted by Gasteiger charge is 2.83. The molecule has 0 radical (unpaired) electrons. The van der Waals surface area contributed by atoms with E-state index in [9.17, 15) is 14.7 Å². The van der Waals surface area contributed by atoms with Gasteiger partial charge in [0.05, 0.1) is 32.2 Å². The molecule has 11 atom stereocenters. The standard InChI is InChI=1S/C46H61N5O6/c1-26-38-39-35(45(38,3)4)22-46(26,39)48-44-42(56-44)40-37(27(2)53)36(25-52)57-51(40)23-29-16-13-17-34(41(29)55-9)30-19-31(21-33(20-30)50(7)8)43(54)47-32(24-49(5)6)18-28-14-11-10-12-15-28/h10-17,19-21,26,32,35-40,42,44,48,52H,18,22-25H2,1-9H3,(H,47,54)/t26-,32-,35-,36-,37+,38+,39?,40-,42?,44?,46+/m0/s1. The van der Waals surface area contributed by atoms with Gasteiger partial charge in [-0.1, -0.05) is 69.3 Å². The second kappa shape index (κ2) is 15.1. The number of ether oxygens (including phenoxy) is 2. The highest BCUT2D eigenvalue weighted by atomic mass is 16.7. The summed E-state index contributed by atoms with van der Waals surface area (Å²) in [4.78, 5) is 37.8. The monoisotopic (exact) mass is 779 g/mol. The molecule has 3 N–H and O–H groups in total. The van der Waals surface area contributed by atoms with Gasteiger partial charge < -0.3 is 29.7 Å². The van der Waals surface area contributed by atoms with Gasteiger partial charge in [-0.2, -0.15) is 5.06 Å². The highest BCUT2D eigenvalue weighted by molar-refractivity contribution is 5.97. The van der Waals surface area contributed by atoms with Gasteiger partial charge in [0, 0.05) is 54.6 Å². The first-order valence-electron chi connectivity index (χ1n) is 20.6. The number of Topliss-reactive ketones (excluding diaryl/α,β-unsaturated/α-hetero) is 1. The van der Waals surface area contributed by atoms with Crippen molar-refractivity contribution in [1.29, 1.82) is 0 Å². The summed E-state index contributed by atoms with van der Waals surface area (Å²) in [7, 11) is 9.62. The Bertz CT molecular complexity index is 1980. The number of para-hydroxylation sites is 1. The third-order valence-electron chi connectivity index (χ3n) is 14.3. The molecule has 1 amide bonds. The first kappa shape index (κ1) is 40.0. The third-order valence-corrected chi connectivity index (χ3v) is 14.3. The van der Waals surface area contributed by atoms with Crippen LogP contribution >= 0.6 is 0 Å². The molecule has 11 heteroatoms. The van der Waals surface area contributed by atoms with E-state index in [0.29, 0.717) is 48.1 Å². The molecule has 3 saturated carbocycles. The highest BCUT2D eigenvalue weighted by Crippen LogP contribution is 2.82. The topological polar surface area (TPSA) is 119 Å². The number of amides is 1. The maximum absolute atomic E-state index is 14.0. The number of epoxide rings is 1. The fourth-order valence-electron chi connectivity index (χ4n) is 11.6. The van der Waals surface area contributed by atoms with E-state index in [2.05, 4.69) is 54.5 Å². The van der Waals surface area contributed by atoms with Crippen molar-refractivity contribution < 1.29 is 29.0 Å². The van der Waals surface area contributed by atoms with Gasteiger partial charge in [-0.15, -0.1) is 0 Å². The van der Waals surface area contributed by atoms with Crippen LogP contribution in [0.25, 0.3) is 11.1 Å². The van der Waals surface area contributed by atoms with Crippen molar-refractivity contribution in [2.45, 2.75) is 83.1 Å². The zero-order valence-electron chi connectivity index (χ0n) is 35.0. The first-order valence-corrected chi connectivity index (χ1v) is 20.6. The van der Waals surface area contributed by atoms with Crippen molar-refractivity contribution in [1.82, 2.24) is 20.6 Å². The van der Waals surface area contributed by atoms with Crippen LogP contribution in [-0.2, 0) is 27.3 Å². The normalized spacial score (nSPS) is 32.4. The summed E-state index contributed by atoms with van der Waals surface area (Å²) in [6.45, 7) is 9.53. The third kappa shape index (κ3) is 6.88. The number of nitrogens with one attached hydrogen (secondary N) is 2. The van der Waals surface area contributed by atoms with Crippen molar-refractivity contribution in [2.75, 3.05) is 53.4 Å². The van der Waals surface area contributed by atoms with Gasteiger partial charge in [-0.25, -0.2) is 0 Å². The van der Waals surface area contributed by atoms with Crippen LogP contribution in [0, 0.1) is 35.0 Å². The minimum Gasteiger partial charge on any atom is -0.496 e.